The summed E-state index contributed by atoms with van der Waals surface area (Å²) in [5.74, 6) is -0.0340. The van der Waals surface area contributed by atoms with Crippen LogP contribution >= 0.6 is 0 Å². The van der Waals surface area contributed by atoms with Crippen LogP contribution in [0.4, 0.5) is 0 Å². The number of aliphatic hydroxyl groups is 1. The highest BCUT2D eigenvalue weighted by Gasteiger charge is 2.14. The van der Waals surface area contributed by atoms with Crippen LogP contribution in [0.2, 0.25) is 0 Å². The second-order valence-electron chi connectivity index (χ2n) is 4.73. The zero-order chi connectivity index (χ0) is 14.6. The van der Waals surface area contributed by atoms with Crippen molar-refractivity contribution in [1.82, 2.24) is 0 Å². The first-order valence-corrected chi connectivity index (χ1v) is 6.14. The van der Waals surface area contributed by atoms with Crippen molar-refractivity contribution in [3.05, 3.63) is 34.9 Å². The molecule has 1 aromatic rings. The molecule has 0 aliphatic rings. The summed E-state index contributed by atoms with van der Waals surface area (Å²) in [4.78, 5) is 10.8. The van der Waals surface area contributed by atoms with E-state index in [2.05, 4.69) is 0 Å². The molecule has 4 nitrogen and oxygen atoms in total. The Morgan fingerprint density at radius 3 is 2.47 bits per heavy atom. The summed E-state index contributed by atoms with van der Waals surface area (Å²) >= 11 is 0. The van der Waals surface area contributed by atoms with Crippen molar-refractivity contribution in [2.24, 2.45) is 0 Å². The maximum absolute atomic E-state index is 10.8. The van der Waals surface area contributed by atoms with Crippen LogP contribution < -0.4 is 4.74 Å². The van der Waals surface area contributed by atoms with E-state index in [1.807, 2.05) is 32.9 Å². The molecule has 0 unspecified atom stereocenters. The number of hydrogen-bond donors (Lipinski definition) is 2. The summed E-state index contributed by atoms with van der Waals surface area (Å²) in [6.45, 7) is 5.64. The average molecular weight is 264 g/mol. The number of carboxylic acid groups (broad SMARTS) is 1. The summed E-state index contributed by atoms with van der Waals surface area (Å²) in [7, 11) is 1.61. The van der Waals surface area contributed by atoms with Crippen LogP contribution in [0.1, 0.15) is 36.5 Å². The highest BCUT2D eigenvalue weighted by molar-refractivity contribution is 5.91. The average Bonchev–Trinajstić information content (AvgIpc) is 2.35. The molecule has 19 heavy (non-hydrogen) atoms. The Morgan fingerprint density at radius 1 is 1.42 bits per heavy atom. The zero-order valence-corrected chi connectivity index (χ0v) is 11.7. The Kier molecular flexibility index (Phi) is 5.12. The Balaban J connectivity index is 3.43. The summed E-state index contributed by atoms with van der Waals surface area (Å²) in [6.07, 6.45) is 1.04. The third-order valence-corrected chi connectivity index (χ3v) is 3.01. The second-order valence-corrected chi connectivity index (χ2v) is 4.73. The van der Waals surface area contributed by atoms with Gasteiger partial charge in [0, 0.05) is 6.08 Å². The van der Waals surface area contributed by atoms with Crippen molar-refractivity contribution < 1.29 is 19.7 Å². The highest BCUT2D eigenvalue weighted by atomic mass is 16.5. The van der Waals surface area contributed by atoms with Crippen molar-refractivity contribution in [3.8, 4) is 5.75 Å². The van der Waals surface area contributed by atoms with Gasteiger partial charge in [0.1, 0.15) is 5.75 Å². The quantitative estimate of drug-likeness (QED) is 0.802. The molecule has 0 atom stereocenters. The van der Waals surface area contributed by atoms with Gasteiger partial charge in [-0.1, -0.05) is 13.8 Å². The van der Waals surface area contributed by atoms with Crippen molar-refractivity contribution in [1.29, 1.82) is 0 Å². The lowest BCUT2D eigenvalue weighted by molar-refractivity contribution is -0.131. The van der Waals surface area contributed by atoms with Gasteiger partial charge >= 0.3 is 5.97 Å². The van der Waals surface area contributed by atoms with E-state index in [9.17, 15) is 9.90 Å². The fourth-order valence-corrected chi connectivity index (χ4v) is 2.03. The molecule has 1 aromatic carbocycles. The van der Waals surface area contributed by atoms with Gasteiger partial charge in [-0.15, -0.1) is 0 Å². The van der Waals surface area contributed by atoms with Gasteiger partial charge in [-0.3, -0.25) is 0 Å². The first kappa shape index (κ1) is 15.2. The number of aryl methyl sites for hydroxylation is 1. The number of rotatable bonds is 5. The van der Waals surface area contributed by atoms with Crippen molar-refractivity contribution >= 4 is 11.5 Å². The van der Waals surface area contributed by atoms with Crippen LogP contribution in [0, 0.1) is 6.92 Å². The van der Waals surface area contributed by atoms with E-state index in [4.69, 9.17) is 9.84 Å². The van der Waals surface area contributed by atoms with Crippen LogP contribution in [0.5, 0.6) is 5.75 Å². The third kappa shape index (κ3) is 3.58. The summed E-state index contributed by atoms with van der Waals surface area (Å²) in [6, 6.07) is 3.76. The molecule has 2 N–H and O–H groups in total. The molecule has 0 heterocycles. The molecule has 0 amide bonds. The summed E-state index contributed by atoms with van der Waals surface area (Å²) in [5.41, 5.74) is 3.01. The Labute approximate surface area is 113 Å². The van der Waals surface area contributed by atoms with Crippen LogP contribution in [0.25, 0.3) is 5.57 Å². The van der Waals surface area contributed by atoms with E-state index < -0.39 is 5.97 Å². The molecule has 0 radical (unpaired) electrons. The van der Waals surface area contributed by atoms with Crippen molar-refractivity contribution in [2.75, 3.05) is 13.7 Å². The van der Waals surface area contributed by atoms with Gasteiger partial charge in [0.2, 0.25) is 0 Å². The van der Waals surface area contributed by atoms with Crippen LogP contribution in [0.3, 0.4) is 0 Å². The zero-order valence-electron chi connectivity index (χ0n) is 11.7. The second kappa shape index (κ2) is 6.38. The minimum Gasteiger partial charge on any atom is -0.496 e. The lowest BCUT2D eigenvalue weighted by Gasteiger charge is -2.17. The molecule has 0 bridgehead atoms. The van der Waals surface area contributed by atoms with E-state index in [0.29, 0.717) is 5.57 Å². The minimum atomic E-state index is -1.06. The highest BCUT2D eigenvalue weighted by Crippen LogP contribution is 2.32. The normalized spacial score (nSPS) is 11.8. The molecule has 0 aliphatic carbocycles. The van der Waals surface area contributed by atoms with Gasteiger partial charge in [-0.25, -0.2) is 4.79 Å². The van der Waals surface area contributed by atoms with E-state index in [1.54, 1.807) is 7.11 Å². The molecule has 0 saturated carbocycles. The third-order valence-electron chi connectivity index (χ3n) is 3.01. The Hall–Kier alpha value is -1.81. The molecule has 0 fully saturated rings. The number of ether oxygens (including phenoxy) is 1. The van der Waals surface area contributed by atoms with Gasteiger partial charge in [0.25, 0.3) is 0 Å². The number of aliphatic hydroxyl groups excluding tert-OH is 1. The van der Waals surface area contributed by atoms with Gasteiger partial charge in [-0.2, -0.15) is 0 Å². The molecule has 0 aromatic heterocycles. The van der Waals surface area contributed by atoms with E-state index >= 15 is 0 Å². The molecule has 104 valence electrons. The standard InChI is InChI=1S/C15H20O4/c1-9(2)12-7-13(10(3)5-14(12)19-4)11(8-16)6-15(17)18/h5-7,9,16H,8H2,1-4H3,(H,17,18)/b11-6+. The predicted molar refractivity (Wildman–Crippen MR) is 74.5 cm³/mol. The first-order chi connectivity index (χ1) is 8.90. The number of hydrogen-bond acceptors (Lipinski definition) is 3. The fraction of sp³-hybridized carbons (Fsp3) is 0.400. The predicted octanol–water partition coefficient (Wildman–Crippen LogP) is 2.59. The van der Waals surface area contributed by atoms with Crippen molar-refractivity contribution in [3.63, 3.8) is 0 Å². The monoisotopic (exact) mass is 264 g/mol. The Morgan fingerprint density at radius 2 is 2.05 bits per heavy atom. The maximum atomic E-state index is 10.8. The van der Waals surface area contributed by atoms with Crippen LogP contribution in [0.15, 0.2) is 18.2 Å². The Bertz CT molecular complexity index is 501. The molecule has 4 heteroatoms. The van der Waals surface area contributed by atoms with Crippen molar-refractivity contribution in [2.45, 2.75) is 26.7 Å². The van der Waals surface area contributed by atoms with E-state index in [-0.39, 0.29) is 12.5 Å². The van der Waals surface area contributed by atoms with E-state index in [1.165, 1.54) is 0 Å². The van der Waals surface area contributed by atoms with Gasteiger partial charge in [-0.05, 0) is 47.2 Å². The summed E-state index contributed by atoms with van der Waals surface area (Å²) in [5, 5.41) is 18.2. The number of aliphatic carboxylic acids is 1. The SMILES string of the molecule is COc1cc(C)c(/C(=C/C(=O)O)CO)cc1C(C)C. The van der Waals surface area contributed by atoms with E-state index in [0.717, 1.165) is 28.5 Å². The summed E-state index contributed by atoms with van der Waals surface area (Å²) < 4.78 is 5.34. The molecule has 0 saturated heterocycles. The molecule has 0 aliphatic heterocycles. The molecular formula is C15H20O4. The van der Waals surface area contributed by atoms with Gasteiger partial charge in [0.15, 0.2) is 0 Å². The number of carboxylic acids is 1. The number of carbonyl (C=O) groups is 1. The topological polar surface area (TPSA) is 66.8 Å². The smallest absolute Gasteiger partial charge is 0.328 e. The van der Waals surface area contributed by atoms with Gasteiger partial charge in [0.05, 0.1) is 13.7 Å². The maximum Gasteiger partial charge on any atom is 0.328 e. The largest absolute Gasteiger partial charge is 0.496 e. The number of methoxy groups -OCH3 is 1. The molecule has 1 rings (SSSR count). The number of benzene rings is 1. The fourth-order valence-electron chi connectivity index (χ4n) is 2.03. The lowest BCUT2D eigenvalue weighted by Crippen LogP contribution is -2.02. The first-order valence-electron chi connectivity index (χ1n) is 6.14. The van der Waals surface area contributed by atoms with Gasteiger partial charge < -0.3 is 14.9 Å². The van der Waals surface area contributed by atoms with Crippen LogP contribution in [-0.2, 0) is 4.79 Å². The lowest BCUT2D eigenvalue weighted by atomic mass is 9.93. The molecule has 0 spiro atoms. The van der Waals surface area contributed by atoms with Crippen LogP contribution in [-0.4, -0.2) is 29.9 Å². The molecular weight excluding hydrogens is 244 g/mol. The minimum absolute atomic E-state index is 0.249.